The molecule has 14 heavy (non-hydrogen) atoms. The summed E-state index contributed by atoms with van der Waals surface area (Å²) in [5, 5.41) is 0. The first-order valence-electron chi connectivity index (χ1n) is 4.45. The van der Waals surface area contributed by atoms with Gasteiger partial charge in [0.1, 0.15) is 0 Å². The van der Waals surface area contributed by atoms with Crippen molar-refractivity contribution in [3.8, 4) is 5.88 Å². The van der Waals surface area contributed by atoms with E-state index in [1.807, 2.05) is 0 Å². The lowest BCUT2D eigenvalue weighted by molar-refractivity contribution is 0.398. The number of aromatic nitrogens is 1. The molecule has 0 atom stereocenters. The predicted octanol–water partition coefficient (Wildman–Crippen LogP) is 1.59. The molecule has 0 aliphatic carbocycles. The Hall–Kier alpha value is -1.10. The molecule has 1 aromatic rings. The summed E-state index contributed by atoms with van der Waals surface area (Å²) >= 11 is 0. The maximum absolute atomic E-state index is 11.8. The number of ether oxygens (including phenoxy) is 1. The summed E-state index contributed by atoms with van der Waals surface area (Å²) in [4.78, 5) is 4.09. The van der Waals surface area contributed by atoms with E-state index < -0.39 is 9.73 Å². The minimum Gasteiger partial charge on any atom is -0.481 e. The molecule has 4 nitrogen and oxygen atoms in total. The van der Waals surface area contributed by atoms with E-state index in [9.17, 15) is 4.21 Å². The summed E-state index contributed by atoms with van der Waals surface area (Å²) in [6.07, 6.45) is 1.01. The molecule has 1 fully saturated rings. The van der Waals surface area contributed by atoms with Crippen molar-refractivity contribution in [2.75, 3.05) is 18.6 Å². The normalized spacial score (nSPS) is 18.4. The first-order chi connectivity index (χ1) is 6.72. The van der Waals surface area contributed by atoms with Gasteiger partial charge < -0.3 is 4.74 Å². The average molecular weight is 212 g/mol. The zero-order valence-corrected chi connectivity index (χ0v) is 8.79. The summed E-state index contributed by atoms with van der Waals surface area (Å²) < 4.78 is 20.9. The lowest BCUT2D eigenvalue weighted by Crippen LogP contribution is -2.23. The second kappa shape index (κ2) is 3.57. The van der Waals surface area contributed by atoms with Crippen LogP contribution in [-0.2, 0) is 9.73 Å². The van der Waals surface area contributed by atoms with Crippen molar-refractivity contribution in [2.45, 2.75) is 6.42 Å². The van der Waals surface area contributed by atoms with Crippen molar-refractivity contribution in [3.05, 3.63) is 18.2 Å². The average Bonchev–Trinajstić information content (AvgIpc) is 2.16. The number of hydrogen-bond acceptors (Lipinski definition) is 4. The standard InChI is InChI=1S/C9H12N2O2S/c1-13-9-5-2-4-8(10-9)11-14(12)6-3-7-14/h2,4-5H,3,6-7H2,1H3. The highest BCUT2D eigenvalue weighted by atomic mass is 32.2. The molecular weight excluding hydrogens is 200 g/mol. The molecule has 2 heterocycles. The minimum absolute atomic E-state index is 0.508. The van der Waals surface area contributed by atoms with Gasteiger partial charge in [-0.25, -0.2) is 4.21 Å². The summed E-state index contributed by atoms with van der Waals surface area (Å²) in [6, 6.07) is 5.28. The molecule has 1 aliphatic heterocycles. The van der Waals surface area contributed by atoms with Gasteiger partial charge in [-0.05, 0) is 12.5 Å². The van der Waals surface area contributed by atoms with Crippen molar-refractivity contribution in [2.24, 2.45) is 4.36 Å². The third-order valence-electron chi connectivity index (χ3n) is 2.10. The van der Waals surface area contributed by atoms with Crippen LogP contribution >= 0.6 is 0 Å². The van der Waals surface area contributed by atoms with E-state index in [4.69, 9.17) is 4.74 Å². The van der Waals surface area contributed by atoms with Gasteiger partial charge in [-0.15, -0.1) is 0 Å². The van der Waals surface area contributed by atoms with E-state index in [2.05, 4.69) is 9.35 Å². The fourth-order valence-electron chi connectivity index (χ4n) is 1.22. The van der Waals surface area contributed by atoms with E-state index in [1.54, 1.807) is 25.3 Å². The third kappa shape index (κ3) is 1.87. The molecule has 0 bridgehead atoms. The molecule has 0 spiro atoms. The number of nitrogens with zero attached hydrogens (tertiary/aromatic N) is 2. The van der Waals surface area contributed by atoms with Crippen LogP contribution in [0.2, 0.25) is 0 Å². The first kappa shape index (κ1) is 9.45. The van der Waals surface area contributed by atoms with Gasteiger partial charge in [-0.1, -0.05) is 6.07 Å². The van der Waals surface area contributed by atoms with Crippen LogP contribution in [0.25, 0.3) is 0 Å². The van der Waals surface area contributed by atoms with Gasteiger partial charge in [0.2, 0.25) is 5.88 Å². The highest BCUT2D eigenvalue weighted by Crippen LogP contribution is 2.21. The molecule has 0 aromatic carbocycles. The maximum atomic E-state index is 11.8. The Morgan fingerprint density at radius 3 is 2.86 bits per heavy atom. The summed E-state index contributed by atoms with van der Waals surface area (Å²) in [5.74, 6) is 2.42. The zero-order chi connectivity index (χ0) is 10.0. The van der Waals surface area contributed by atoms with Crippen LogP contribution in [0, 0.1) is 0 Å². The summed E-state index contributed by atoms with van der Waals surface area (Å²) in [7, 11) is -0.409. The topological polar surface area (TPSA) is 51.5 Å². The van der Waals surface area contributed by atoms with Crippen molar-refractivity contribution in [1.82, 2.24) is 4.98 Å². The number of hydrogen-bond donors (Lipinski definition) is 0. The van der Waals surface area contributed by atoms with Gasteiger partial charge in [0, 0.05) is 17.6 Å². The molecule has 0 N–H and O–H groups in total. The Balaban J connectivity index is 2.33. The van der Waals surface area contributed by atoms with Crippen molar-refractivity contribution in [1.29, 1.82) is 0 Å². The monoisotopic (exact) mass is 212 g/mol. The fraction of sp³-hybridized carbons (Fsp3) is 0.444. The Labute approximate surface area is 83.5 Å². The quantitative estimate of drug-likeness (QED) is 0.748. The van der Waals surface area contributed by atoms with E-state index in [1.165, 1.54) is 0 Å². The number of methoxy groups -OCH3 is 1. The van der Waals surface area contributed by atoms with Crippen molar-refractivity contribution >= 4 is 15.5 Å². The number of pyridine rings is 1. The van der Waals surface area contributed by atoms with Gasteiger partial charge in [0.05, 0.1) is 16.8 Å². The van der Waals surface area contributed by atoms with Crippen molar-refractivity contribution in [3.63, 3.8) is 0 Å². The van der Waals surface area contributed by atoms with Crippen LogP contribution < -0.4 is 4.74 Å². The smallest absolute Gasteiger partial charge is 0.214 e. The van der Waals surface area contributed by atoms with Crippen molar-refractivity contribution < 1.29 is 8.95 Å². The van der Waals surface area contributed by atoms with Crippen LogP contribution in [0.15, 0.2) is 22.6 Å². The molecule has 0 unspecified atom stereocenters. The largest absolute Gasteiger partial charge is 0.481 e. The Bertz CT molecular complexity index is 440. The predicted molar refractivity (Wildman–Crippen MR) is 55.4 cm³/mol. The fourth-order valence-corrected chi connectivity index (χ4v) is 2.63. The summed E-state index contributed by atoms with van der Waals surface area (Å²) in [5.41, 5.74) is 0. The second-order valence-corrected chi connectivity index (χ2v) is 5.71. The van der Waals surface area contributed by atoms with Crippen LogP contribution in [0.3, 0.4) is 0 Å². The second-order valence-electron chi connectivity index (χ2n) is 3.16. The van der Waals surface area contributed by atoms with E-state index in [0.29, 0.717) is 23.2 Å². The molecule has 1 aromatic heterocycles. The Morgan fingerprint density at radius 2 is 2.29 bits per heavy atom. The SMILES string of the molecule is COc1cccc(N=S2(=O)CCC2)n1. The molecule has 0 saturated carbocycles. The minimum atomic E-state index is -1.96. The van der Waals surface area contributed by atoms with Crippen LogP contribution in [0.1, 0.15) is 6.42 Å². The molecule has 5 heteroatoms. The molecular formula is C9H12N2O2S. The first-order valence-corrected chi connectivity index (χ1v) is 6.31. The zero-order valence-electron chi connectivity index (χ0n) is 7.97. The van der Waals surface area contributed by atoms with E-state index in [-0.39, 0.29) is 0 Å². The highest BCUT2D eigenvalue weighted by Gasteiger charge is 2.19. The lowest BCUT2D eigenvalue weighted by Gasteiger charge is -2.17. The molecule has 1 aliphatic rings. The molecule has 0 amide bonds. The number of rotatable bonds is 2. The molecule has 2 rings (SSSR count). The molecule has 76 valence electrons. The van der Waals surface area contributed by atoms with Gasteiger partial charge in [0.25, 0.3) is 0 Å². The van der Waals surface area contributed by atoms with E-state index in [0.717, 1.165) is 6.42 Å². The third-order valence-corrected chi connectivity index (χ3v) is 4.48. The Kier molecular flexibility index (Phi) is 2.41. The van der Waals surface area contributed by atoms with Crippen LogP contribution in [0.5, 0.6) is 5.88 Å². The van der Waals surface area contributed by atoms with E-state index >= 15 is 0 Å². The molecule has 0 radical (unpaired) electrons. The van der Waals surface area contributed by atoms with Crippen LogP contribution in [0.4, 0.5) is 5.82 Å². The lowest BCUT2D eigenvalue weighted by atomic mass is 10.5. The molecule has 1 saturated heterocycles. The van der Waals surface area contributed by atoms with Gasteiger partial charge in [-0.3, -0.25) is 0 Å². The summed E-state index contributed by atoms with van der Waals surface area (Å²) in [6.45, 7) is 0. The van der Waals surface area contributed by atoms with Gasteiger partial charge in [0.15, 0.2) is 5.82 Å². The van der Waals surface area contributed by atoms with Gasteiger partial charge in [-0.2, -0.15) is 9.35 Å². The highest BCUT2D eigenvalue weighted by molar-refractivity contribution is 7.95. The van der Waals surface area contributed by atoms with Crippen LogP contribution in [-0.4, -0.2) is 27.8 Å². The maximum Gasteiger partial charge on any atom is 0.214 e. The van der Waals surface area contributed by atoms with Gasteiger partial charge >= 0.3 is 0 Å². The Morgan fingerprint density at radius 1 is 1.50 bits per heavy atom.